The molecule has 0 aliphatic carbocycles. The third-order valence-electron chi connectivity index (χ3n) is 4.06. The standard InChI is InChI=1S/C21H22BrCl2N3O3/c1-4-30-18-8-5-14(22)9-13(18)11-25-27-21(29)19(12(2)3)26-20(28)16-7-6-15(23)10-17(16)24/h5-12,19H,4H2,1-3H3,(H,26,28)(H,27,29). The summed E-state index contributed by atoms with van der Waals surface area (Å²) >= 11 is 15.4. The number of carbonyl (C=O) groups excluding carboxylic acids is 2. The molecule has 6 nitrogen and oxygen atoms in total. The van der Waals surface area contributed by atoms with Crippen molar-refractivity contribution in [2.75, 3.05) is 6.61 Å². The Morgan fingerprint density at radius 1 is 1.20 bits per heavy atom. The Morgan fingerprint density at radius 3 is 2.57 bits per heavy atom. The van der Waals surface area contributed by atoms with Gasteiger partial charge in [-0.15, -0.1) is 0 Å². The van der Waals surface area contributed by atoms with Gasteiger partial charge in [0, 0.05) is 15.1 Å². The number of hydrogen-bond donors (Lipinski definition) is 2. The highest BCUT2D eigenvalue weighted by Gasteiger charge is 2.25. The molecule has 1 unspecified atom stereocenters. The van der Waals surface area contributed by atoms with E-state index < -0.39 is 17.9 Å². The first-order chi connectivity index (χ1) is 14.2. The molecule has 2 aromatic carbocycles. The molecule has 0 aliphatic heterocycles. The van der Waals surface area contributed by atoms with Crippen molar-refractivity contribution in [3.05, 3.63) is 62.0 Å². The number of amides is 2. The molecule has 0 radical (unpaired) electrons. The Bertz CT molecular complexity index is 951. The summed E-state index contributed by atoms with van der Waals surface area (Å²) in [6.07, 6.45) is 1.49. The lowest BCUT2D eigenvalue weighted by molar-refractivity contribution is -0.123. The zero-order valence-electron chi connectivity index (χ0n) is 16.7. The average Bonchev–Trinajstić information content (AvgIpc) is 2.67. The maximum absolute atomic E-state index is 12.6. The minimum absolute atomic E-state index is 0.180. The van der Waals surface area contributed by atoms with Crippen LogP contribution in [0.1, 0.15) is 36.7 Å². The van der Waals surface area contributed by atoms with Crippen LogP contribution in [-0.2, 0) is 4.79 Å². The van der Waals surface area contributed by atoms with Crippen LogP contribution in [0, 0.1) is 5.92 Å². The van der Waals surface area contributed by atoms with Crippen molar-refractivity contribution in [1.82, 2.24) is 10.7 Å². The molecule has 0 aliphatic rings. The lowest BCUT2D eigenvalue weighted by Gasteiger charge is -2.20. The zero-order chi connectivity index (χ0) is 22.3. The van der Waals surface area contributed by atoms with Crippen LogP contribution >= 0.6 is 39.1 Å². The summed E-state index contributed by atoms with van der Waals surface area (Å²) in [6.45, 7) is 6.02. The fourth-order valence-electron chi connectivity index (χ4n) is 2.57. The molecule has 0 fully saturated rings. The Labute approximate surface area is 194 Å². The van der Waals surface area contributed by atoms with Crippen LogP contribution in [0.25, 0.3) is 0 Å². The van der Waals surface area contributed by atoms with Crippen LogP contribution in [0.3, 0.4) is 0 Å². The van der Waals surface area contributed by atoms with Gasteiger partial charge < -0.3 is 10.1 Å². The lowest BCUT2D eigenvalue weighted by Crippen LogP contribution is -2.48. The molecule has 0 saturated heterocycles. The normalized spacial score (nSPS) is 12.1. The first kappa shape index (κ1) is 24.2. The van der Waals surface area contributed by atoms with E-state index in [9.17, 15) is 9.59 Å². The van der Waals surface area contributed by atoms with E-state index in [0.29, 0.717) is 22.9 Å². The Morgan fingerprint density at radius 2 is 1.93 bits per heavy atom. The highest BCUT2D eigenvalue weighted by Crippen LogP contribution is 2.22. The van der Waals surface area contributed by atoms with Gasteiger partial charge in [0.05, 0.1) is 23.4 Å². The molecule has 0 heterocycles. The van der Waals surface area contributed by atoms with Gasteiger partial charge in [-0.05, 0) is 49.2 Å². The maximum atomic E-state index is 12.6. The third kappa shape index (κ3) is 6.72. The van der Waals surface area contributed by atoms with Crippen molar-refractivity contribution >= 4 is 57.2 Å². The largest absolute Gasteiger partial charge is 0.493 e. The number of carbonyl (C=O) groups is 2. The monoisotopic (exact) mass is 513 g/mol. The van der Waals surface area contributed by atoms with E-state index in [1.165, 1.54) is 18.3 Å². The summed E-state index contributed by atoms with van der Waals surface area (Å²) in [5.41, 5.74) is 3.41. The molecule has 0 saturated carbocycles. The van der Waals surface area contributed by atoms with Gasteiger partial charge in [0.2, 0.25) is 0 Å². The Balaban J connectivity index is 2.10. The molecule has 0 aromatic heterocycles. The fraction of sp³-hybridized carbons (Fsp3) is 0.286. The van der Waals surface area contributed by atoms with Crippen LogP contribution in [0.4, 0.5) is 0 Å². The highest BCUT2D eigenvalue weighted by atomic mass is 79.9. The smallest absolute Gasteiger partial charge is 0.262 e. The summed E-state index contributed by atoms with van der Waals surface area (Å²) < 4.78 is 6.41. The second-order valence-corrected chi connectivity index (χ2v) is 8.43. The van der Waals surface area contributed by atoms with Crippen molar-refractivity contribution in [1.29, 1.82) is 0 Å². The molecule has 0 spiro atoms. The number of hydrogen-bond acceptors (Lipinski definition) is 4. The number of nitrogens with zero attached hydrogens (tertiary/aromatic N) is 1. The number of nitrogens with one attached hydrogen (secondary N) is 2. The molecule has 9 heteroatoms. The number of halogens is 3. The summed E-state index contributed by atoms with van der Waals surface area (Å²) in [5.74, 6) is -0.461. The Hall–Kier alpha value is -2.09. The molecule has 30 heavy (non-hydrogen) atoms. The maximum Gasteiger partial charge on any atom is 0.262 e. The van der Waals surface area contributed by atoms with Crippen LogP contribution in [0.15, 0.2) is 46.0 Å². The van der Waals surface area contributed by atoms with Gasteiger partial charge in [0.15, 0.2) is 0 Å². The molecule has 2 aromatic rings. The van der Waals surface area contributed by atoms with Crippen molar-refractivity contribution in [2.24, 2.45) is 11.0 Å². The van der Waals surface area contributed by atoms with Gasteiger partial charge >= 0.3 is 0 Å². The predicted molar refractivity (Wildman–Crippen MR) is 124 cm³/mol. The van der Waals surface area contributed by atoms with Gasteiger partial charge in [0.1, 0.15) is 11.8 Å². The minimum Gasteiger partial charge on any atom is -0.493 e. The second-order valence-electron chi connectivity index (χ2n) is 6.67. The van der Waals surface area contributed by atoms with Gasteiger partial charge in [-0.1, -0.05) is 53.0 Å². The third-order valence-corrected chi connectivity index (χ3v) is 5.10. The van der Waals surface area contributed by atoms with Gasteiger partial charge in [0.25, 0.3) is 11.8 Å². The van der Waals surface area contributed by atoms with Crippen molar-refractivity contribution < 1.29 is 14.3 Å². The number of ether oxygens (including phenoxy) is 1. The van der Waals surface area contributed by atoms with Crippen LogP contribution in [-0.4, -0.2) is 30.7 Å². The van der Waals surface area contributed by atoms with E-state index in [1.807, 2.05) is 39.0 Å². The SMILES string of the molecule is CCOc1ccc(Br)cc1C=NNC(=O)C(NC(=O)c1ccc(Cl)cc1Cl)C(C)C. The molecule has 0 bridgehead atoms. The van der Waals surface area contributed by atoms with Gasteiger partial charge in [-0.25, -0.2) is 5.43 Å². The molecular formula is C21H22BrCl2N3O3. The van der Waals surface area contributed by atoms with Crippen LogP contribution in [0.2, 0.25) is 10.0 Å². The van der Waals surface area contributed by atoms with Gasteiger partial charge in [-0.3, -0.25) is 9.59 Å². The molecule has 1 atom stereocenters. The van der Waals surface area contributed by atoms with Crippen molar-refractivity contribution in [3.8, 4) is 5.75 Å². The van der Waals surface area contributed by atoms with Gasteiger partial charge in [-0.2, -0.15) is 5.10 Å². The van der Waals surface area contributed by atoms with E-state index in [0.717, 1.165) is 4.47 Å². The highest BCUT2D eigenvalue weighted by molar-refractivity contribution is 9.10. The predicted octanol–water partition coefficient (Wildman–Crippen LogP) is 5.06. The van der Waals surface area contributed by atoms with E-state index in [1.54, 1.807) is 6.07 Å². The zero-order valence-corrected chi connectivity index (χ0v) is 19.8. The van der Waals surface area contributed by atoms with Crippen molar-refractivity contribution in [3.63, 3.8) is 0 Å². The summed E-state index contributed by atoms with van der Waals surface area (Å²) in [4.78, 5) is 25.2. The first-order valence-electron chi connectivity index (χ1n) is 9.24. The molecule has 2 amide bonds. The van der Waals surface area contributed by atoms with E-state index in [4.69, 9.17) is 27.9 Å². The minimum atomic E-state index is -0.810. The van der Waals surface area contributed by atoms with E-state index in [-0.39, 0.29) is 16.5 Å². The molecule has 160 valence electrons. The fourth-order valence-corrected chi connectivity index (χ4v) is 3.44. The lowest BCUT2D eigenvalue weighted by atomic mass is 10.0. The molecule has 2 N–H and O–H groups in total. The number of rotatable bonds is 8. The molecular weight excluding hydrogens is 493 g/mol. The molecule has 2 rings (SSSR count). The Kier molecular flexibility index (Phi) is 9.14. The first-order valence-corrected chi connectivity index (χ1v) is 10.8. The quantitative estimate of drug-likeness (QED) is 0.381. The van der Waals surface area contributed by atoms with Crippen LogP contribution < -0.4 is 15.5 Å². The summed E-state index contributed by atoms with van der Waals surface area (Å²) in [6, 6.07) is 9.22. The van der Waals surface area contributed by atoms with Crippen molar-refractivity contribution in [2.45, 2.75) is 26.8 Å². The van der Waals surface area contributed by atoms with Crippen LogP contribution in [0.5, 0.6) is 5.75 Å². The topological polar surface area (TPSA) is 79.8 Å². The summed E-state index contributed by atoms with van der Waals surface area (Å²) in [7, 11) is 0. The number of hydrazone groups is 1. The average molecular weight is 515 g/mol. The number of benzene rings is 2. The summed E-state index contributed by atoms with van der Waals surface area (Å²) in [5, 5.41) is 7.34. The van der Waals surface area contributed by atoms with E-state index >= 15 is 0 Å². The second kappa shape index (κ2) is 11.3. The van der Waals surface area contributed by atoms with E-state index in [2.05, 4.69) is 31.8 Å².